The van der Waals surface area contributed by atoms with Gasteiger partial charge in [0.15, 0.2) is 0 Å². The zero-order valence-corrected chi connectivity index (χ0v) is 11.2. The minimum atomic E-state index is -0.337. The summed E-state index contributed by atoms with van der Waals surface area (Å²) in [5, 5.41) is 2.77. The third-order valence-electron chi connectivity index (χ3n) is 2.33. The molecule has 2 aromatic rings. The van der Waals surface area contributed by atoms with Crippen LogP contribution in [-0.2, 0) is 0 Å². The number of nitrogens with one attached hydrogen (secondary N) is 1. The molecule has 0 aliphatic heterocycles. The molecule has 0 atom stereocenters. The largest absolute Gasteiger partial charge is 0.382 e. The van der Waals surface area contributed by atoms with Gasteiger partial charge in [0.05, 0.1) is 12.4 Å². The third kappa shape index (κ3) is 2.84. The monoisotopic (exact) mass is 306 g/mol. The van der Waals surface area contributed by atoms with Gasteiger partial charge < -0.3 is 11.1 Å². The molecule has 0 saturated carbocycles. The standard InChI is InChI=1S/C12H11BrN4O/c1-7-2-3-8(13)4-9(7)17-12(18)10-5-15-6-11(14)16-10/h2-6H,1H3,(H2,14,16)(H,17,18). The van der Waals surface area contributed by atoms with Gasteiger partial charge in [0.25, 0.3) is 5.91 Å². The number of carbonyl (C=O) groups excluding carboxylic acids is 1. The summed E-state index contributed by atoms with van der Waals surface area (Å²) < 4.78 is 0.891. The summed E-state index contributed by atoms with van der Waals surface area (Å²) in [6.07, 6.45) is 2.76. The molecule has 0 fully saturated rings. The molecule has 0 radical (unpaired) electrons. The molecule has 0 aliphatic rings. The Hall–Kier alpha value is -1.95. The number of benzene rings is 1. The highest BCUT2D eigenvalue weighted by atomic mass is 79.9. The average Bonchev–Trinajstić information content (AvgIpc) is 2.34. The average molecular weight is 307 g/mol. The Morgan fingerprint density at radius 3 is 2.89 bits per heavy atom. The number of aryl methyl sites for hydroxylation is 1. The number of hydrogen-bond acceptors (Lipinski definition) is 4. The van der Waals surface area contributed by atoms with E-state index in [0.29, 0.717) is 0 Å². The summed E-state index contributed by atoms with van der Waals surface area (Å²) >= 11 is 3.35. The maximum absolute atomic E-state index is 11.9. The SMILES string of the molecule is Cc1ccc(Br)cc1NC(=O)c1cncc(N)n1. The van der Waals surface area contributed by atoms with Crippen molar-refractivity contribution >= 4 is 33.3 Å². The first-order valence-corrected chi connectivity index (χ1v) is 6.00. The number of amides is 1. The Kier molecular flexibility index (Phi) is 3.57. The van der Waals surface area contributed by atoms with E-state index in [1.165, 1.54) is 12.4 Å². The van der Waals surface area contributed by atoms with Crippen LogP contribution in [0.25, 0.3) is 0 Å². The molecule has 1 aromatic carbocycles. The summed E-state index contributed by atoms with van der Waals surface area (Å²) in [6, 6.07) is 5.64. The molecule has 0 spiro atoms. The molecule has 92 valence electrons. The van der Waals surface area contributed by atoms with E-state index in [0.717, 1.165) is 15.7 Å². The van der Waals surface area contributed by atoms with Gasteiger partial charge >= 0.3 is 0 Å². The van der Waals surface area contributed by atoms with Crippen molar-refractivity contribution in [3.63, 3.8) is 0 Å². The Bertz CT molecular complexity index is 600. The zero-order chi connectivity index (χ0) is 13.1. The summed E-state index contributed by atoms with van der Waals surface area (Å²) in [6.45, 7) is 1.91. The first kappa shape index (κ1) is 12.5. The molecule has 0 aliphatic carbocycles. The van der Waals surface area contributed by atoms with Gasteiger partial charge in [0, 0.05) is 10.2 Å². The van der Waals surface area contributed by atoms with Crippen LogP contribution in [0.2, 0.25) is 0 Å². The van der Waals surface area contributed by atoms with Crippen molar-refractivity contribution in [1.82, 2.24) is 9.97 Å². The lowest BCUT2D eigenvalue weighted by molar-refractivity contribution is 0.102. The summed E-state index contributed by atoms with van der Waals surface area (Å²) in [7, 11) is 0. The van der Waals surface area contributed by atoms with Gasteiger partial charge in [-0.05, 0) is 24.6 Å². The van der Waals surface area contributed by atoms with Crippen molar-refractivity contribution in [1.29, 1.82) is 0 Å². The molecule has 1 aromatic heterocycles. The van der Waals surface area contributed by atoms with E-state index in [9.17, 15) is 4.79 Å². The summed E-state index contributed by atoms with van der Waals surface area (Å²) in [4.78, 5) is 19.7. The fraction of sp³-hybridized carbons (Fsp3) is 0.0833. The number of hydrogen-bond donors (Lipinski definition) is 2. The Balaban J connectivity index is 2.24. The first-order valence-electron chi connectivity index (χ1n) is 5.21. The predicted molar refractivity (Wildman–Crippen MR) is 73.3 cm³/mol. The minimum absolute atomic E-state index is 0.189. The van der Waals surface area contributed by atoms with Crippen LogP contribution in [0, 0.1) is 6.92 Å². The van der Waals surface area contributed by atoms with Gasteiger partial charge in [-0.2, -0.15) is 0 Å². The molecule has 5 nitrogen and oxygen atoms in total. The topological polar surface area (TPSA) is 80.9 Å². The van der Waals surface area contributed by atoms with Crippen LogP contribution in [0.1, 0.15) is 16.1 Å². The molecular weight excluding hydrogens is 296 g/mol. The maximum atomic E-state index is 11.9. The number of anilines is 2. The van der Waals surface area contributed by atoms with Crippen molar-refractivity contribution in [3.8, 4) is 0 Å². The van der Waals surface area contributed by atoms with Crippen LogP contribution in [0.15, 0.2) is 35.1 Å². The first-order chi connectivity index (χ1) is 8.56. The van der Waals surface area contributed by atoms with Gasteiger partial charge in [-0.1, -0.05) is 22.0 Å². The third-order valence-corrected chi connectivity index (χ3v) is 2.83. The summed E-state index contributed by atoms with van der Waals surface area (Å²) in [5.41, 5.74) is 7.35. The van der Waals surface area contributed by atoms with E-state index in [4.69, 9.17) is 5.73 Å². The molecule has 0 unspecified atom stereocenters. The highest BCUT2D eigenvalue weighted by molar-refractivity contribution is 9.10. The van der Waals surface area contributed by atoms with Gasteiger partial charge in [0.2, 0.25) is 0 Å². The van der Waals surface area contributed by atoms with Crippen LogP contribution in [-0.4, -0.2) is 15.9 Å². The number of rotatable bonds is 2. The second-order valence-corrected chi connectivity index (χ2v) is 4.66. The lowest BCUT2D eigenvalue weighted by Gasteiger charge is -2.08. The number of nitrogens with zero attached hydrogens (tertiary/aromatic N) is 2. The molecule has 0 saturated heterocycles. The van der Waals surface area contributed by atoms with E-state index in [2.05, 4.69) is 31.2 Å². The van der Waals surface area contributed by atoms with Gasteiger partial charge in [0.1, 0.15) is 11.5 Å². The van der Waals surface area contributed by atoms with Gasteiger partial charge in [-0.15, -0.1) is 0 Å². The molecule has 6 heteroatoms. The van der Waals surface area contributed by atoms with Crippen molar-refractivity contribution < 1.29 is 4.79 Å². The normalized spacial score (nSPS) is 10.1. The van der Waals surface area contributed by atoms with Crippen molar-refractivity contribution in [2.24, 2.45) is 0 Å². The molecule has 0 bridgehead atoms. The van der Waals surface area contributed by atoms with Crippen molar-refractivity contribution in [2.75, 3.05) is 11.1 Å². The van der Waals surface area contributed by atoms with E-state index in [1.807, 2.05) is 25.1 Å². The fourth-order valence-electron chi connectivity index (χ4n) is 1.41. The van der Waals surface area contributed by atoms with Crippen LogP contribution in [0.5, 0.6) is 0 Å². The Labute approximate surface area is 113 Å². The number of halogens is 1. The smallest absolute Gasteiger partial charge is 0.275 e. The van der Waals surface area contributed by atoms with E-state index in [1.54, 1.807) is 0 Å². The lowest BCUT2D eigenvalue weighted by atomic mass is 10.2. The Morgan fingerprint density at radius 1 is 1.39 bits per heavy atom. The van der Waals surface area contributed by atoms with Crippen LogP contribution >= 0.6 is 15.9 Å². The predicted octanol–water partition coefficient (Wildman–Crippen LogP) is 2.38. The molecular formula is C12H11BrN4O. The highest BCUT2D eigenvalue weighted by Gasteiger charge is 2.10. The molecule has 18 heavy (non-hydrogen) atoms. The molecule has 1 heterocycles. The zero-order valence-electron chi connectivity index (χ0n) is 9.64. The number of nitrogen functional groups attached to an aromatic ring is 1. The maximum Gasteiger partial charge on any atom is 0.275 e. The molecule has 3 N–H and O–H groups in total. The van der Waals surface area contributed by atoms with Crippen molar-refractivity contribution in [3.05, 3.63) is 46.3 Å². The van der Waals surface area contributed by atoms with Crippen molar-refractivity contribution in [2.45, 2.75) is 6.92 Å². The Morgan fingerprint density at radius 2 is 2.17 bits per heavy atom. The van der Waals surface area contributed by atoms with E-state index in [-0.39, 0.29) is 17.4 Å². The number of aromatic nitrogens is 2. The summed E-state index contributed by atoms with van der Waals surface area (Å²) in [5.74, 6) is -0.121. The number of nitrogens with two attached hydrogens (primary N) is 1. The quantitative estimate of drug-likeness (QED) is 0.892. The second-order valence-electron chi connectivity index (χ2n) is 3.74. The highest BCUT2D eigenvalue weighted by Crippen LogP contribution is 2.21. The van der Waals surface area contributed by atoms with Crippen LogP contribution in [0.3, 0.4) is 0 Å². The van der Waals surface area contributed by atoms with E-state index < -0.39 is 0 Å². The van der Waals surface area contributed by atoms with Gasteiger partial charge in [-0.25, -0.2) is 4.98 Å². The molecule has 1 amide bonds. The van der Waals surface area contributed by atoms with Gasteiger partial charge in [-0.3, -0.25) is 9.78 Å². The lowest BCUT2D eigenvalue weighted by Crippen LogP contribution is -2.15. The van der Waals surface area contributed by atoms with Crippen LogP contribution < -0.4 is 11.1 Å². The van der Waals surface area contributed by atoms with Crippen LogP contribution in [0.4, 0.5) is 11.5 Å². The minimum Gasteiger partial charge on any atom is -0.382 e. The number of carbonyl (C=O) groups is 1. The molecule has 2 rings (SSSR count). The van der Waals surface area contributed by atoms with E-state index >= 15 is 0 Å². The fourth-order valence-corrected chi connectivity index (χ4v) is 1.77. The second kappa shape index (κ2) is 5.14.